The summed E-state index contributed by atoms with van der Waals surface area (Å²) in [5.74, 6) is 1.10. The van der Waals surface area contributed by atoms with Crippen molar-refractivity contribution in [3.05, 3.63) is 53.1 Å². The van der Waals surface area contributed by atoms with Crippen LogP contribution in [0.15, 0.2) is 41.6 Å². The van der Waals surface area contributed by atoms with Crippen LogP contribution in [0.3, 0.4) is 0 Å². The summed E-state index contributed by atoms with van der Waals surface area (Å²) in [7, 11) is 1.63. The zero-order valence-electron chi connectivity index (χ0n) is 20.0. The molecule has 0 radical (unpaired) electrons. The number of carboxylic acid groups (broad SMARTS) is 1. The number of nitrogens with zero attached hydrogens (tertiary/aromatic N) is 2. The van der Waals surface area contributed by atoms with E-state index in [1.54, 1.807) is 31.4 Å². The van der Waals surface area contributed by atoms with Crippen LogP contribution >= 0.6 is 0 Å². The molecule has 0 saturated carbocycles. The van der Waals surface area contributed by atoms with Gasteiger partial charge in [-0.25, -0.2) is 4.79 Å². The molecule has 1 spiro atoms. The number of aromatic carboxylic acids is 1. The van der Waals surface area contributed by atoms with Crippen LogP contribution in [-0.2, 0) is 11.4 Å². The second kappa shape index (κ2) is 10.3. The zero-order valence-corrected chi connectivity index (χ0v) is 20.0. The van der Waals surface area contributed by atoms with Crippen molar-refractivity contribution in [2.45, 2.75) is 45.3 Å². The predicted molar refractivity (Wildman–Crippen MR) is 128 cm³/mol. The smallest absolute Gasteiger partial charge is 0.335 e. The predicted octanol–water partition coefficient (Wildman–Crippen LogP) is 4.35. The lowest BCUT2D eigenvalue weighted by Gasteiger charge is -2.37. The molecule has 0 aliphatic carbocycles. The molecule has 182 valence electrons. The van der Waals surface area contributed by atoms with Crippen molar-refractivity contribution in [2.75, 3.05) is 33.4 Å². The molecule has 8 nitrogen and oxygen atoms in total. The van der Waals surface area contributed by atoms with Crippen LogP contribution in [-0.4, -0.2) is 60.7 Å². The Bertz CT molecular complexity index is 1010. The highest BCUT2D eigenvalue weighted by molar-refractivity contribution is 6.02. The highest BCUT2D eigenvalue weighted by Gasteiger charge is 2.42. The Morgan fingerprint density at radius 1 is 1.09 bits per heavy atom. The molecule has 2 aliphatic rings. The maximum absolute atomic E-state index is 11.1. The molecule has 2 aromatic carbocycles. The summed E-state index contributed by atoms with van der Waals surface area (Å²) >= 11 is 0. The van der Waals surface area contributed by atoms with Gasteiger partial charge in [-0.15, -0.1) is 0 Å². The van der Waals surface area contributed by atoms with Crippen LogP contribution in [0.25, 0.3) is 0 Å². The molecule has 2 aliphatic heterocycles. The molecule has 2 heterocycles. The fourth-order valence-electron chi connectivity index (χ4n) is 4.58. The maximum atomic E-state index is 11.1. The van der Waals surface area contributed by atoms with Crippen molar-refractivity contribution in [3.8, 4) is 17.2 Å². The van der Waals surface area contributed by atoms with E-state index in [4.69, 9.17) is 24.2 Å². The van der Waals surface area contributed by atoms with Crippen LogP contribution in [0.2, 0.25) is 0 Å². The number of benzene rings is 2. The molecular formula is C26H32N2O6. The molecule has 0 aromatic heterocycles. The zero-order chi connectivity index (χ0) is 24.1. The number of likely N-dealkylation sites (tertiary alicyclic amines) is 1. The fraction of sp³-hybridized carbons (Fsp3) is 0.462. The number of piperidine rings is 1. The lowest BCUT2D eigenvalue weighted by molar-refractivity contribution is -0.0627. The molecule has 0 amide bonds. The van der Waals surface area contributed by atoms with Crippen molar-refractivity contribution in [1.29, 1.82) is 0 Å². The largest absolute Gasteiger partial charge is 0.490 e. The molecule has 34 heavy (non-hydrogen) atoms. The first-order valence-corrected chi connectivity index (χ1v) is 11.7. The van der Waals surface area contributed by atoms with E-state index >= 15 is 0 Å². The van der Waals surface area contributed by atoms with Gasteiger partial charge in [0.05, 0.1) is 31.6 Å². The standard InChI is InChI=1S/C26H32N2O6/c1-4-32-22-14-18(15-23(33-5-2)24(22)31-3)17-28-12-10-26(11-13-28)16-21(27-34-26)19-6-8-20(9-7-19)25(29)30/h6-9,14-15H,4-5,10-13,16-17H2,1-3H3,(H,29,30). The van der Waals surface area contributed by atoms with E-state index in [0.717, 1.165) is 55.7 Å². The van der Waals surface area contributed by atoms with Gasteiger partial charge in [-0.05, 0) is 49.2 Å². The van der Waals surface area contributed by atoms with E-state index in [0.29, 0.717) is 30.5 Å². The van der Waals surface area contributed by atoms with Crippen molar-refractivity contribution >= 4 is 11.7 Å². The molecule has 0 atom stereocenters. The number of oxime groups is 1. The molecule has 2 aromatic rings. The first-order chi connectivity index (χ1) is 16.5. The number of carbonyl (C=O) groups is 1. The Hall–Kier alpha value is -3.26. The summed E-state index contributed by atoms with van der Waals surface area (Å²) in [5, 5.41) is 13.5. The number of methoxy groups -OCH3 is 1. The topological polar surface area (TPSA) is 89.8 Å². The van der Waals surface area contributed by atoms with Crippen molar-refractivity contribution in [3.63, 3.8) is 0 Å². The SMILES string of the molecule is CCOc1cc(CN2CCC3(CC2)CC(c2ccc(C(=O)O)cc2)=NO3)cc(OCC)c1OC. The van der Waals surface area contributed by atoms with E-state index in [9.17, 15) is 4.79 Å². The summed E-state index contributed by atoms with van der Waals surface area (Å²) in [5.41, 5.74) is 2.89. The first-order valence-electron chi connectivity index (χ1n) is 11.7. The minimum absolute atomic E-state index is 0.268. The van der Waals surface area contributed by atoms with Crippen LogP contribution in [0, 0.1) is 0 Å². The Labute approximate surface area is 200 Å². The highest BCUT2D eigenvalue weighted by atomic mass is 16.7. The number of hydrogen-bond acceptors (Lipinski definition) is 7. The summed E-state index contributed by atoms with van der Waals surface area (Å²) in [6, 6.07) is 10.9. The Morgan fingerprint density at radius 2 is 1.71 bits per heavy atom. The Balaban J connectivity index is 1.38. The van der Waals surface area contributed by atoms with E-state index in [2.05, 4.69) is 10.1 Å². The van der Waals surface area contributed by atoms with Crippen LogP contribution in [0.5, 0.6) is 17.2 Å². The lowest BCUT2D eigenvalue weighted by atomic mass is 9.85. The second-order valence-corrected chi connectivity index (χ2v) is 8.64. The van der Waals surface area contributed by atoms with Gasteiger partial charge in [0.25, 0.3) is 0 Å². The summed E-state index contributed by atoms with van der Waals surface area (Å²) in [6.45, 7) is 7.57. The minimum atomic E-state index is -0.932. The third-order valence-corrected chi connectivity index (χ3v) is 6.36. The van der Waals surface area contributed by atoms with Gasteiger partial charge >= 0.3 is 5.97 Å². The van der Waals surface area contributed by atoms with Crippen LogP contribution < -0.4 is 14.2 Å². The van der Waals surface area contributed by atoms with E-state index in [-0.39, 0.29) is 11.2 Å². The van der Waals surface area contributed by atoms with Gasteiger partial charge in [-0.2, -0.15) is 0 Å². The second-order valence-electron chi connectivity index (χ2n) is 8.64. The lowest BCUT2D eigenvalue weighted by Crippen LogP contribution is -2.44. The van der Waals surface area contributed by atoms with E-state index < -0.39 is 5.97 Å². The molecule has 0 unspecified atom stereocenters. The van der Waals surface area contributed by atoms with Gasteiger partial charge in [0, 0.05) is 38.9 Å². The van der Waals surface area contributed by atoms with Gasteiger partial charge in [0.15, 0.2) is 11.5 Å². The van der Waals surface area contributed by atoms with Crippen molar-refractivity contribution in [2.24, 2.45) is 5.16 Å². The summed E-state index contributed by atoms with van der Waals surface area (Å²) in [4.78, 5) is 19.4. The number of ether oxygens (including phenoxy) is 3. The molecule has 4 rings (SSSR count). The third-order valence-electron chi connectivity index (χ3n) is 6.36. The van der Waals surface area contributed by atoms with Gasteiger partial charge in [-0.3, -0.25) is 4.90 Å². The molecule has 1 saturated heterocycles. The van der Waals surface area contributed by atoms with Gasteiger partial charge in [-0.1, -0.05) is 17.3 Å². The third kappa shape index (κ3) is 5.12. The molecular weight excluding hydrogens is 436 g/mol. The number of hydrogen-bond donors (Lipinski definition) is 1. The minimum Gasteiger partial charge on any atom is -0.490 e. The molecule has 0 bridgehead atoms. The van der Waals surface area contributed by atoms with Crippen LogP contribution in [0.4, 0.5) is 0 Å². The van der Waals surface area contributed by atoms with E-state index in [1.807, 2.05) is 26.0 Å². The average Bonchev–Trinajstić information content (AvgIpc) is 3.25. The number of carboxylic acids is 1. The monoisotopic (exact) mass is 468 g/mol. The fourth-order valence-corrected chi connectivity index (χ4v) is 4.58. The van der Waals surface area contributed by atoms with E-state index in [1.165, 1.54) is 0 Å². The van der Waals surface area contributed by atoms with Gasteiger partial charge in [0.1, 0.15) is 5.60 Å². The molecule has 1 N–H and O–H groups in total. The highest BCUT2D eigenvalue weighted by Crippen LogP contribution is 2.40. The van der Waals surface area contributed by atoms with Crippen molar-refractivity contribution in [1.82, 2.24) is 4.90 Å². The summed E-state index contributed by atoms with van der Waals surface area (Å²) in [6.07, 6.45) is 2.48. The van der Waals surface area contributed by atoms with Crippen LogP contribution in [0.1, 0.15) is 54.6 Å². The number of rotatable bonds is 9. The van der Waals surface area contributed by atoms with Crippen molar-refractivity contribution < 1.29 is 28.9 Å². The first kappa shape index (κ1) is 23.9. The Morgan fingerprint density at radius 3 is 2.24 bits per heavy atom. The van der Waals surface area contributed by atoms with Gasteiger partial charge in [0.2, 0.25) is 5.75 Å². The summed E-state index contributed by atoms with van der Waals surface area (Å²) < 4.78 is 17.1. The van der Waals surface area contributed by atoms with Gasteiger partial charge < -0.3 is 24.2 Å². The maximum Gasteiger partial charge on any atom is 0.335 e. The molecule has 8 heteroatoms. The Kier molecular flexibility index (Phi) is 7.26. The average molecular weight is 469 g/mol. The normalized spacial score (nSPS) is 17.2. The quantitative estimate of drug-likeness (QED) is 0.585. The molecule has 1 fully saturated rings.